The van der Waals surface area contributed by atoms with Crippen molar-refractivity contribution in [1.82, 2.24) is 15.1 Å². The van der Waals surface area contributed by atoms with Crippen molar-refractivity contribution in [2.75, 3.05) is 26.9 Å². The first kappa shape index (κ1) is 18.2. The van der Waals surface area contributed by atoms with Crippen LogP contribution in [0, 0.1) is 0 Å². The number of hydrogen-bond acceptors (Lipinski definition) is 4. The highest BCUT2D eigenvalue weighted by Crippen LogP contribution is 2.23. The molecule has 136 valence electrons. The number of amides is 1. The highest BCUT2D eigenvalue weighted by molar-refractivity contribution is 6.32. The molecule has 3 rings (SSSR count). The SMILES string of the molecule is COCCNC(=O)c1ccc2nn(CCOc3ccccc3Cl)cc2c1. The van der Waals surface area contributed by atoms with Gasteiger partial charge in [0.15, 0.2) is 0 Å². The van der Waals surface area contributed by atoms with E-state index in [1.54, 1.807) is 23.9 Å². The fourth-order valence-corrected chi connectivity index (χ4v) is 2.70. The highest BCUT2D eigenvalue weighted by atomic mass is 35.5. The molecule has 0 saturated carbocycles. The number of nitrogens with zero attached hydrogens (tertiary/aromatic N) is 2. The van der Waals surface area contributed by atoms with Crippen LogP contribution in [0.1, 0.15) is 10.4 Å². The van der Waals surface area contributed by atoms with Gasteiger partial charge in [0.2, 0.25) is 0 Å². The molecule has 6 nitrogen and oxygen atoms in total. The molecule has 0 fully saturated rings. The maximum Gasteiger partial charge on any atom is 0.251 e. The molecule has 26 heavy (non-hydrogen) atoms. The third-order valence-corrected chi connectivity index (χ3v) is 4.13. The molecule has 2 aromatic carbocycles. The van der Waals surface area contributed by atoms with Crippen molar-refractivity contribution in [1.29, 1.82) is 0 Å². The van der Waals surface area contributed by atoms with Crippen molar-refractivity contribution in [2.24, 2.45) is 0 Å². The zero-order valence-electron chi connectivity index (χ0n) is 14.4. The standard InChI is InChI=1S/C19H20ClN3O3/c1-25-10-8-21-19(24)14-6-7-17-15(12-14)13-23(22-17)9-11-26-18-5-3-2-4-16(18)20/h2-7,12-13H,8-11H2,1H3,(H,21,24). The van der Waals surface area contributed by atoms with Crippen LogP contribution in [0.25, 0.3) is 10.9 Å². The van der Waals surface area contributed by atoms with Crippen molar-refractivity contribution < 1.29 is 14.3 Å². The quantitative estimate of drug-likeness (QED) is 0.616. The van der Waals surface area contributed by atoms with E-state index in [0.29, 0.717) is 42.6 Å². The normalized spacial score (nSPS) is 10.8. The third-order valence-electron chi connectivity index (χ3n) is 3.82. The summed E-state index contributed by atoms with van der Waals surface area (Å²) in [5, 5.41) is 8.79. The van der Waals surface area contributed by atoms with E-state index in [-0.39, 0.29) is 5.91 Å². The van der Waals surface area contributed by atoms with Crippen LogP contribution in [0.3, 0.4) is 0 Å². The number of halogens is 1. The Bertz CT molecular complexity index is 895. The van der Waals surface area contributed by atoms with Gasteiger partial charge in [-0.05, 0) is 30.3 Å². The van der Waals surface area contributed by atoms with E-state index in [9.17, 15) is 4.79 Å². The minimum absolute atomic E-state index is 0.126. The van der Waals surface area contributed by atoms with Gasteiger partial charge in [0.25, 0.3) is 5.91 Å². The first-order valence-corrected chi connectivity index (χ1v) is 8.67. The van der Waals surface area contributed by atoms with Gasteiger partial charge in [0.05, 0.1) is 23.7 Å². The molecule has 1 N–H and O–H groups in total. The molecule has 7 heteroatoms. The lowest BCUT2D eigenvalue weighted by Crippen LogP contribution is -2.26. The van der Waals surface area contributed by atoms with Crippen LogP contribution in [0.5, 0.6) is 5.75 Å². The number of methoxy groups -OCH3 is 1. The summed E-state index contributed by atoms with van der Waals surface area (Å²) in [5.41, 5.74) is 1.43. The van der Waals surface area contributed by atoms with Gasteiger partial charge in [-0.2, -0.15) is 5.10 Å². The number of carbonyl (C=O) groups is 1. The van der Waals surface area contributed by atoms with Crippen LogP contribution < -0.4 is 10.1 Å². The zero-order valence-corrected chi connectivity index (χ0v) is 15.2. The van der Waals surface area contributed by atoms with E-state index in [1.165, 1.54) is 0 Å². The monoisotopic (exact) mass is 373 g/mol. The second-order valence-corrected chi connectivity index (χ2v) is 6.10. The van der Waals surface area contributed by atoms with Gasteiger partial charge in [0.1, 0.15) is 12.4 Å². The van der Waals surface area contributed by atoms with Gasteiger partial charge in [-0.25, -0.2) is 0 Å². The Hall–Kier alpha value is -2.57. The number of rotatable bonds is 8. The molecule has 1 amide bonds. The van der Waals surface area contributed by atoms with Gasteiger partial charge < -0.3 is 14.8 Å². The van der Waals surface area contributed by atoms with Crippen LogP contribution in [0.2, 0.25) is 5.02 Å². The van der Waals surface area contributed by atoms with E-state index >= 15 is 0 Å². The predicted molar refractivity (Wildman–Crippen MR) is 101 cm³/mol. The fraction of sp³-hybridized carbons (Fsp3) is 0.263. The molecule has 0 atom stereocenters. The molecule has 0 radical (unpaired) electrons. The molecule has 0 bridgehead atoms. The van der Waals surface area contributed by atoms with Crippen LogP contribution in [0.15, 0.2) is 48.7 Å². The number of benzene rings is 2. The fourth-order valence-electron chi connectivity index (χ4n) is 2.51. The molecule has 0 spiro atoms. The number of nitrogens with one attached hydrogen (secondary N) is 1. The molecule has 0 aliphatic rings. The largest absolute Gasteiger partial charge is 0.490 e. The Morgan fingerprint density at radius 2 is 2.08 bits per heavy atom. The average molecular weight is 374 g/mol. The first-order chi connectivity index (χ1) is 12.7. The molecule has 1 aromatic heterocycles. The maximum absolute atomic E-state index is 12.1. The maximum atomic E-state index is 12.1. The third kappa shape index (κ3) is 4.53. The topological polar surface area (TPSA) is 65.4 Å². The summed E-state index contributed by atoms with van der Waals surface area (Å²) in [4.78, 5) is 12.1. The van der Waals surface area contributed by atoms with Gasteiger partial charge in [-0.1, -0.05) is 23.7 Å². The lowest BCUT2D eigenvalue weighted by Gasteiger charge is -2.07. The first-order valence-electron chi connectivity index (χ1n) is 8.29. The molecule has 0 unspecified atom stereocenters. The Morgan fingerprint density at radius 1 is 1.23 bits per heavy atom. The number of carbonyl (C=O) groups excluding carboxylic acids is 1. The Labute approximate surface area is 156 Å². The summed E-state index contributed by atoms with van der Waals surface area (Å²) in [5.74, 6) is 0.527. The number of para-hydroxylation sites is 1. The Morgan fingerprint density at radius 3 is 2.88 bits per heavy atom. The molecule has 3 aromatic rings. The summed E-state index contributed by atoms with van der Waals surface area (Å²) in [7, 11) is 1.60. The van der Waals surface area contributed by atoms with Crippen LogP contribution in [0.4, 0.5) is 0 Å². The number of ether oxygens (including phenoxy) is 2. The van der Waals surface area contributed by atoms with Crippen molar-refractivity contribution in [3.63, 3.8) is 0 Å². The van der Waals surface area contributed by atoms with E-state index < -0.39 is 0 Å². The molecular weight excluding hydrogens is 354 g/mol. The Kier molecular flexibility index (Phi) is 6.09. The molecular formula is C19H20ClN3O3. The van der Waals surface area contributed by atoms with Crippen LogP contribution >= 0.6 is 11.6 Å². The molecule has 0 aliphatic heterocycles. The highest BCUT2D eigenvalue weighted by Gasteiger charge is 2.08. The average Bonchev–Trinajstić information content (AvgIpc) is 3.05. The summed E-state index contributed by atoms with van der Waals surface area (Å²) >= 11 is 6.07. The van der Waals surface area contributed by atoms with Crippen molar-refractivity contribution in [3.05, 3.63) is 59.2 Å². The Balaban J connectivity index is 1.62. The van der Waals surface area contributed by atoms with E-state index in [1.807, 2.05) is 36.5 Å². The summed E-state index contributed by atoms with van der Waals surface area (Å²) in [6, 6.07) is 12.8. The predicted octanol–water partition coefficient (Wildman–Crippen LogP) is 3.14. The minimum atomic E-state index is -0.126. The second kappa shape index (κ2) is 8.69. The van der Waals surface area contributed by atoms with Crippen LogP contribution in [-0.2, 0) is 11.3 Å². The zero-order chi connectivity index (χ0) is 18.4. The summed E-state index contributed by atoms with van der Waals surface area (Å²) in [6.07, 6.45) is 1.90. The summed E-state index contributed by atoms with van der Waals surface area (Å²) < 4.78 is 12.4. The lowest BCUT2D eigenvalue weighted by molar-refractivity contribution is 0.0937. The van der Waals surface area contributed by atoms with Gasteiger partial charge in [-0.3, -0.25) is 9.48 Å². The molecule has 1 heterocycles. The molecule has 0 aliphatic carbocycles. The number of hydrogen-bond donors (Lipinski definition) is 1. The van der Waals surface area contributed by atoms with E-state index in [4.69, 9.17) is 21.1 Å². The van der Waals surface area contributed by atoms with Crippen molar-refractivity contribution >= 4 is 28.4 Å². The number of aromatic nitrogens is 2. The van der Waals surface area contributed by atoms with Gasteiger partial charge in [-0.15, -0.1) is 0 Å². The molecule has 0 saturated heterocycles. The minimum Gasteiger partial charge on any atom is -0.490 e. The second-order valence-electron chi connectivity index (χ2n) is 5.69. The van der Waals surface area contributed by atoms with Crippen molar-refractivity contribution in [3.8, 4) is 5.75 Å². The summed E-state index contributed by atoms with van der Waals surface area (Å²) in [6.45, 7) is 1.99. The van der Waals surface area contributed by atoms with Gasteiger partial charge >= 0.3 is 0 Å². The van der Waals surface area contributed by atoms with Crippen molar-refractivity contribution in [2.45, 2.75) is 6.54 Å². The van der Waals surface area contributed by atoms with E-state index in [0.717, 1.165) is 10.9 Å². The smallest absolute Gasteiger partial charge is 0.251 e. The number of fused-ring (bicyclic) bond motifs is 1. The van der Waals surface area contributed by atoms with Gasteiger partial charge in [0, 0.05) is 30.8 Å². The van der Waals surface area contributed by atoms with Crippen LogP contribution in [-0.4, -0.2) is 42.6 Å². The van der Waals surface area contributed by atoms with E-state index in [2.05, 4.69) is 10.4 Å². The lowest BCUT2D eigenvalue weighted by atomic mass is 10.1.